The highest BCUT2D eigenvalue weighted by Gasteiger charge is 2.17. The van der Waals surface area contributed by atoms with Crippen LogP contribution in [0.2, 0.25) is 0 Å². The molecular weight excluding hydrogens is 232 g/mol. The van der Waals surface area contributed by atoms with E-state index in [1.165, 1.54) is 0 Å². The molecule has 1 unspecified atom stereocenters. The van der Waals surface area contributed by atoms with Crippen LogP contribution in [0, 0.1) is 6.92 Å². The molecule has 6 nitrogen and oxygen atoms in total. The van der Waals surface area contributed by atoms with Gasteiger partial charge in [-0.15, -0.1) is 5.10 Å². The van der Waals surface area contributed by atoms with E-state index in [2.05, 4.69) is 20.5 Å². The number of carbonyl (C=O) groups excluding carboxylic acids is 1. The van der Waals surface area contributed by atoms with E-state index in [0.717, 1.165) is 5.76 Å². The second-order valence-electron chi connectivity index (χ2n) is 4.10. The van der Waals surface area contributed by atoms with Crippen LogP contribution in [-0.4, -0.2) is 21.1 Å². The van der Waals surface area contributed by atoms with E-state index in [1.807, 2.05) is 32.9 Å². The van der Waals surface area contributed by atoms with Crippen molar-refractivity contribution in [3.05, 3.63) is 35.3 Å². The molecular formula is C12H16N4O2. The molecule has 0 aromatic carbocycles. The third-order valence-corrected chi connectivity index (χ3v) is 2.61. The first-order valence-corrected chi connectivity index (χ1v) is 5.88. The van der Waals surface area contributed by atoms with Crippen molar-refractivity contribution >= 4 is 5.91 Å². The van der Waals surface area contributed by atoms with Crippen molar-refractivity contribution < 1.29 is 9.21 Å². The second kappa shape index (κ2) is 5.03. The fourth-order valence-corrected chi connectivity index (χ4v) is 1.57. The molecule has 2 aromatic heterocycles. The lowest BCUT2D eigenvalue weighted by Gasteiger charge is -2.09. The Balaban J connectivity index is 2.02. The van der Waals surface area contributed by atoms with Crippen LogP contribution < -0.4 is 5.32 Å². The smallest absolute Gasteiger partial charge is 0.291 e. The number of H-pyrrole nitrogens is 1. The van der Waals surface area contributed by atoms with E-state index in [-0.39, 0.29) is 17.8 Å². The van der Waals surface area contributed by atoms with Crippen LogP contribution >= 0.6 is 0 Å². The summed E-state index contributed by atoms with van der Waals surface area (Å²) in [4.78, 5) is 15.9. The normalized spacial score (nSPS) is 12.4. The first kappa shape index (κ1) is 12.3. The lowest BCUT2D eigenvalue weighted by Crippen LogP contribution is -2.27. The van der Waals surface area contributed by atoms with Gasteiger partial charge in [0.1, 0.15) is 17.3 Å². The first-order valence-electron chi connectivity index (χ1n) is 5.88. The van der Waals surface area contributed by atoms with Crippen molar-refractivity contribution in [2.45, 2.75) is 33.2 Å². The Labute approximate surface area is 105 Å². The number of hydrogen-bond donors (Lipinski definition) is 2. The van der Waals surface area contributed by atoms with E-state index in [1.54, 1.807) is 0 Å². The number of nitrogens with zero attached hydrogens (tertiary/aromatic N) is 2. The Bertz CT molecular complexity index is 544. The molecule has 0 aliphatic carbocycles. The Morgan fingerprint density at radius 2 is 2.33 bits per heavy atom. The monoisotopic (exact) mass is 248 g/mol. The largest absolute Gasteiger partial charge is 0.464 e. The van der Waals surface area contributed by atoms with Crippen molar-refractivity contribution in [2.24, 2.45) is 0 Å². The maximum Gasteiger partial charge on any atom is 0.291 e. The summed E-state index contributed by atoms with van der Waals surface area (Å²) in [5.41, 5.74) is 0. The summed E-state index contributed by atoms with van der Waals surface area (Å²) in [6.07, 6.45) is 0.715. The van der Waals surface area contributed by atoms with Crippen molar-refractivity contribution in [2.75, 3.05) is 0 Å². The molecule has 0 aliphatic rings. The van der Waals surface area contributed by atoms with Crippen LogP contribution in [0.5, 0.6) is 0 Å². The molecule has 2 rings (SSSR count). The quantitative estimate of drug-likeness (QED) is 0.863. The molecule has 2 aromatic rings. The van der Waals surface area contributed by atoms with Gasteiger partial charge in [0.25, 0.3) is 5.91 Å². The molecule has 1 atom stereocenters. The van der Waals surface area contributed by atoms with Gasteiger partial charge in [0.15, 0.2) is 0 Å². The lowest BCUT2D eigenvalue weighted by molar-refractivity contribution is 0.0925. The third kappa shape index (κ3) is 2.58. The predicted octanol–water partition coefficient (Wildman–Crippen LogP) is 1.76. The van der Waals surface area contributed by atoms with Crippen LogP contribution in [0.15, 0.2) is 16.5 Å². The van der Waals surface area contributed by atoms with E-state index >= 15 is 0 Å². The zero-order chi connectivity index (χ0) is 13.1. The standard InChI is InChI=1S/C12H16N4O2/c1-4-10-14-11(16-15-10)12(17)13-8(3)9-6-5-7(2)18-9/h5-6,8H,4H2,1-3H3,(H,13,17)(H,14,15,16). The summed E-state index contributed by atoms with van der Waals surface area (Å²) in [5.74, 6) is 2.07. The van der Waals surface area contributed by atoms with Crippen molar-refractivity contribution in [1.29, 1.82) is 0 Å². The molecule has 0 bridgehead atoms. The number of aromatic amines is 1. The Morgan fingerprint density at radius 1 is 1.56 bits per heavy atom. The molecule has 6 heteroatoms. The molecule has 2 N–H and O–H groups in total. The average Bonchev–Trinajstić information content (AvgIpc) is 2.97. The zero-order valence-electron chi connectivity index (χ0n) is 10.7. The summed E-state index contributed by atoms with van der Waals surface area (Å²) in [6.45, 7) is 5.65. The zero-order valence-corrected chi connectivity index (χ0v) is 10.7. The van der Waals surface area contributed by atoms with E-state index in [9.17, 15) is 4.79 Å². The lowest BCUT2D eigenvalue weighted by atomic mass is 10.2. The fourth-order valence-electron chi connectivity index (χ4n) is 1.57. The van der Waals surface area contributed by atoms with Crippen molar-refractivity contribution in [1.82, 2.24) is 20.5 Å². The van der Waals surface area contributed by atoms with Gasteiger partial charge in [-0.1, -0.05) is 6.92 Å². The number of furan rings is 1. The van der Waals surface area contributed by atoms with Gasteiger partial charge in [0, 0.05) is 6.42 Å². The van der Waals surface area contributed by atoms with Gasteiger partial charge >= 0.3 is 0 Å². The average molecular weight is 248 g/mol. The summed E-state index contributed by atoms with van der Waals surface area (Å²) in [7, 11) is 0. The SMILES string of the molecule is CCc1nc(C(=O)NC(C)c2ccc(C)o2)n[nH]1. The third-order valence-electron chi connectivity index (χ3n) is 2.61. The number of hydrogen-bond acceptors (Lipinski definition) is 4. The van der Waals surface area contributed by atoms with Crippen LogP contribution in [0.25, 0.3) is 0 Å². The van der Waals surface area contributed by atoms with Crippen LogP contribution in [0.4, 0.5) is 0 Å². The van der Waals surface area contributed by atoms with Gasteiger partial charge < -0.3 is 9.73 Å². The van der Waals surface area contributed by atoms with Gasteiger partial charge in [-0.05, 0) is 26.0 Å². The Kier molecular flexibility index (Phi) is 3.45. The number of aromatic nitrogens is 3. The number of amides is 1. The molecule has 2 heterocycles. The van der Waals surface area contributed by atoms with Gasteiger partial charge in [0.2, 0.25) is 5.82 Å². The minimum absolute atomic E-state index is 0.155. The molecule has 1 amide bonds. The van der Waals surface area contributed by atoms with Gasteiger partial charge in [-0.25, -0.2) is 4.98 Å². The fraction of sp³-hybridized carbons (Fsp3) is 0.417. The highest BCUT2D eigenvalue weighted by atomic mass is 16.3. The molecule has 0 radical (unpaired) electrons. The summed E-state index contributed by atoms with van der Waals surface area (Å²) >= 11 is 0. The number of carbonyl (C=O) groups is 1. The number of rotatable bonds is 4. The summed E-state index contributed by atoms with van der Waals surface area (Å²) in [5, 5.41) is 9.35. The van der Waals surface area contributed by atoms with Crippen LogP contribution in [-0.2, 0) is 6.42 Å². The first-order chi connectivity index (χ1) is 8.60. The Morgan fingerprint density at radius 3 is 2.89 bits per heavy atom. The molecule has 0 spiro atoms. The number of aryl methyl sites for hydroxylation is 2. The number of nitrogens with one attached hydrogen (secondary N) is 2. The molecule has 96 valence electrons. The molecule has 0 aliphatic heterocycles. The van der Waals surface area contributed by atoms with E-state index in [0.29, 0.717) is 18.0 Å². The minimum Gasteiger partial charge on any atom is -0.464 e. The molecule has 0 saturated carbocycles. The molecule has 0 saturated heterocycles. The maximum absolute atomic E-state index is 11.9. The Hall–Kier alpha value is -2.11. The molecule has 0 fully saturated rings. The van der Waals surface area contributed by atoms with Gasteiger partial charge in [-0.3, -0.25) is 9.89 Å². The maximum atomic E-state index is 11.9. The van der Waals surface area contributed by atoms with Crippen LogP contribution in [0.1, 0.15) is 47.9 Å². The van der Waals surface area contributed by atoms with Crippen LogP contribution in [0.3, 0.4) is 0 Å². The minimum atomic E-state index is -0.312. The van der Waals surface area contributed by atoms with Crippen molar-refractivity contribution in [3.63, 3.8) is 0 Å². The van der Waals surface area contributed by atoms with E-state index < -0.39 is 0 Å². The highest BCUT2D eigenvalue weighted by Crippen LogP contribution is 2.15. The van der Waals surface area contributed by atoms with E-state index in [4.69, 9.17) is 4.42 Å². The summed E-state index contributed by atoms with van der Waals surface area (Å²) in [6, 6.07) is 3.49. The second-order valence-corrected chi connectivity index (χ2v) is 4.10. The predicted molar refractivity (Wildman–Crippen MR) is 65.1 cm³/mol. The highest BCUT2D eigenvalue weighted by molar-refractivity contribution is 5.90. The molecule has 18 heavy (non-hydrogen) atoms. The van der Waals surface area contributed by atoms with Gasteiger partial charge in [-0.2, -0.15) is 0 Å². The van der Waals surface area contributed by atoms with Crippen molar-refractivity contribution in [3.8, 4) is 0 Å². The summed E-state index contributed by atoms with van der Waals surface area (Å²) < 4.78 is 5.45. The van der Waals surface area contributed by atoms with Gasteiger partial charge in [0.05, 0.1) is 6.04 Å². The topological polar surface area (TPSA) is 83.8 Å².